The number of anilines is 1. The molecule has 28 heavy (non-hydrogen) atoms. The molecule has 0 fully saturated rings. The van der Waals surface area contributed by atoms with Crippen molar-refractivity contribution in [2.45, 2.75) is 5.03 Å². The zero-order valence-electron chi connectivity index (χ0n) is 14.7. The third kappa shape index (κ3) is 3.83. The zero-order valence-corrected chi connectivity index (χ0v) is 15.5. The van der Waals surface area contributed by atoms with Gasteiger partial charge in [0.2, 0.25) is 5.88 Å². The number of rotatable bonds is 6. The Labute approximate surface area is 160 Å². The molecule has 1 N–H and O–H groups in total. The molecule has 10 nitrogen and oxygen atoms in total. The van der Waals surface area contributed by atoms with Crippen LogP contribution in [0.2, 0.25) is 0 Å². The number of ether oxygens (including phenoxy) is 1. The van der Waals surface area contributed by atoms with Crippen LogP contribution < -0.4 is 9.46 Å². The van der Waals surface area contributed by atoms with E-state index in [-0.39, 0.29) is 5.03 Å². The smallest absolute Gasteiger partial charge is 0.280 e. The third-order valence-electron chi connectivity index (χ3n) is 3.68. The first-order valence-electron chi connectivity index (χ1n) is 8.09. The second-order valence-electron chi connectivity index (χ2n) is 5.79. The van der Waals surface area contributed by atoms with E-state index in [2.05, 4.69) is 24.7 Å². The topological polar surface area (TPSA) is 117 Å². The Morgan fingerprint density at radius 2 is 1.89 bits per heavy atom. The van der Waals surface area contributed by atoms with Gasteiger partial charge in [-0.2, -0.15) is 8.42 Å². The molecule has 3 heterocycles. The lowest BCUT2D eigenvalue weighted by atomic mass is 10.3. The first kappa shape index (κ1) is 17.7. The second-order valence-corrected chi connectivity index (χ2v) is 7.42. The Morgan fingerprint density at radius 3 is 2.57 bits per heavy atom. The molecule has 0 spiro atoms. The highest BCUT2D eigenvalue weighted by atomic mass is 32.2. The fourth-order valence-electron chi connectivity index (χ4n) is 2.37. The summed E-state index contributed by atoms with van der Waals surface area (Å²) in [7, 11) is -2.05. The molecule has 142 valence electrons. The Hall–Kier alpha value is -3.73. The van der Waals surface area contributed by atoms with Crippen LogP contribution in [0.15, 0.2) is 72.9 Å². The van der Waals surface area contributed by atoms with E-state index in [0.29, 0.717) is 23.1 Å². The van der Waals surface area contributed by atoms with Crippen LogP contribution in [-0.4, -0.2) is 37.5 Å². The Bertz CT molecular complexity index is 1190. The molecule has 0 aliphatic rings. The molecule has 0 saturated carbocycles. The van der Waals surface area contributed by atoms with Gasteiger partial charge in [-0.15, -0.1) is 0 Å². The molecule has 1 aromatic carbocycles. The Kier molecular flexibility index (Phi) is 4.49. The molecule has 0 atom stereocenters. The maximum atomic E-state index is 12.3. The minimum absolute atomic E-state index is 0.0525. The van der Waals surface area contributed by atoms with Gasteiger partial charge in [0.25, 0.3) is 10.0 Å². The lowest BCUT2D eigenvalue weighted by molar-refractivity contribution is 0.461. The first-order valence-corrected chi connectivity index (χ1v) is 9.57. The van der Waals surface area contributed by atoms with Gasteiger partial charge in [-0.25, -0.2) is 19.9 Å². The van der Waals surface area contributed by atoms with Crippen LogP contribution in [0.25, 0.3) is 5.82 Å². The average Bonchev–Trinajstić information content (AvgIpc) is 3.35. The van der Waals surface area contributed by atoms with Crippen molar-refractivity contribution >= 4 is 15.7 Å². The number of aromatic nitrogens is 6. The van der Waals surface area contributed by atoms with Gasteiger partial charge < -0.3 is 9.30 Å². The normalized spacial score (nSPS) is 11.3. The van der Waals surface area contributed by atoms with Crippen LogP contribution in [0.4, 0.5) is 5.69 Å². The summed E-state index contributed by atoms with van der Waals surface area (Å²) in [6.45, 7) is 0. The number of hydrogen-bond acceptors (Lipinski definition) is 7. The number of benzene rings is 1. The molecule has 3 aromatic heterocycles. The van der Waals surface area contributed by atoms with Crippen molar-refractivity contribution in [2.24, 2.45) is 7.05 Å². The molecule has 4 aromatic rings. The quantitative estimate of drug-likeness (QED) is 0.529. The largest absolute Gasteiger partial charge is 0.439 e. The Morgan fingerprint density at radius 1 is 1.07 bits per heavy atom. The highest BCUT2D eigenvalue weighted by Crippen LogP contribution is 2.23. The number of sulfonamides is 1. The number of hydrogen-bond donors (Lipinski definition) is 1. The molecular formula is C17H15N7O3S. The monoisotopic (exact) mass is 397 g/mol. The fourth-order valence-corrected chi connectivity index (χ4v) is 3.41. The summed E-state index contributed by atoms with van der Waals surface area (Å²) in [6, 6.07) is 8.12. The summed E-state index contributed by atoms with van der Waals surface area (Å²) in [6.07, 6.45) is 9.26. The predicted molar refractivity (Wildman–Crippen MR) is 99.7 cm³/mol. The van der Waals surface area contributed by atoms with Gasteiger partial charge in [0.05, 0.1) is 6.33 Å². The van der Waals surface area contributed by atoms with E-state index >= 15 is 0 Å². The predicted octanol–water partition coefficient (Wildman–Crippen LogP) is 1.99. The first-order chi connectivity index (χ1) is 13.5. The van der Waals surface area contributed by atoms with E-state index in [1.807, 2.05) is 0 Å². The molecule has 0 bridgehead atoms. The van der Waals surface area contributed by atoms with Crippen molar-refractivity contribution in [3.63, 3.8) is 0 Å². The summed E-state index contributed by atoms with van der Waals surface area (Å²) in [5.41, 5.74) is 0.389. The Balaban J connectivity index is 1.47. The molecule has 0 unspecified atom stereocenters. The second kappa shape index (κ2) is 7.12. The zero-order chi connectivity index (χ0) is 19.6. The van der Waals surface area contributed by atoms with Crippen molar-refractivity contribution in [3.8, 4) is 17.4 Å². The minimum Gasteiger partial charge on any atom is -0.439 e. The summed E-state index contributed by atoms with van der Waals surface area (Å²) < 4.78 is 36.1. The van der Waals surface area contributed by atoms with E-state index in [0.717, 1.165) is 0 Å². The van der Waals surface area contributed by atoms with E-state index in [1.54, 1.807) is 65.2 Å². The van der Waals surface area contributed by atoms with E-state index in [4.69, 9.17) is 4.74 Å². The van der Waals surface area contributed by atoms with Crippen molar-refractivity contribution in [3.05, 3.63) is 67.9 Å². The summed E-state index contributed by atoms with van der Waals surface area (Å²) in [5, 5.41) is -0.0525. The number of aryl methyl sites for hydroxylation is 1. The van der Waals surface area contributed by atoms with Crippen LogP contribution in [0.5, 0.6) is 11.6 Å². The maximum absolute atomic E-state index is 12.3. The van der Waals surface area contributed by atoms with Gasteiger partial charge in [0, 0.05) is 37.4 Å². The molecule has 0 aliphatic heterocycles. The maximum Gasteiger partial charge on any atom is 0.280 e. The van der Waals surface area contributed by atoms with Crippen molar-refractivity contribution in [2.75, 3.05) is 4.72 Å². The van der Waals surface area contributed by atoms with Crippen molar-refractivity contribution < 1.29 is 13.2 Å². The molecule has 0 radical (unpaired) electrons. The van der Waals surface area contributed by atoms with E-state index < -0.39 is 10.0 Å². The minimum atomic E-state index is -3.75. The van der Waals surface area contributed by atoms with E-state index in [1.165, 1.54) is 18.9 Å². The van der Waals surface area contributed by atoms with Crippen LogP contribution in [0.3, 0.4) is 0 Å². The third-order valence-corrected chi connectivity index (χ3v) is 4.95. The molecule has 0 aliphatic carbocycles. The summed E-state index contributed by atoms with van der Waals surface area (Å²) in [4.78, 5) is 16.1. The van der Waals surface area contributed by atoms with Gasteiger partial charge in [0.15, 0.2) is 5.03 Å². The van der Waals surface area contributed by atoms with Gasteiger partial charge >= 0.3 is 0 Å². The van der Waals surface area contributed by atoms with Crippen LogP contribution in [0, 0.1) is 0 Å². The summed E-state index contributed by atoms with van der Waals surface area (Å²) >= 11 is 0. The number of nitrogens with one attached hydrogen (secondary N) is 1. The van der Waals surface area contributed by atoms with E-state index in [9.17, 15) is 8.42 Å². The SMILES string of the molecule is Cn1cnc(S(=O)(=O)Nc2ccc(Oc3cc(-n4ccnc4)ncn3)cc2)c1. The van der Waals surface area contributed by atoms with Crippen molar-refractivity contribution in [1.29, 1.82) is 0 Å². The average molecular weight is 397 g/mol. The molecule has 4 rings (SSSR count). The van der Waals surface area contributed by atoms with Crippen molar-refractivity contribution in [1.82, 2.24) is 29.1 Å². The van der Waals surface area contributed by atoms with Crippen LogP contribution in [0.1, 0.15) is 0 Å². The highest BCUT2D eigenvalue weighted by Gasteiger charge is 2.17. The van der Waals surface area contributed by atoms with Gasteiger partial charge in [-0.05, 0) is 24.3 Å². The van der Waals surface area contributed by atoms with Gasteiger partial charge in [-0.1, -0.05) is 0 Å². The highest BCUT2D eigenvalue weighted by molar-refractivity contribution is 7.92. The van der Waals surface area contributed by atoms with Crippen LogP contribution in [-0.2, 0) is 17.1 Å². The lowest BCUT2D eigenvalue weighted by Gasteiger charge is -2.08. The number of imidazole rings is 2. The van der Waals surface area contributed by atoms with Gasteiger partial charge in [0.1, 0.15) is 24.2 Å². The molecule has 0 amide bonds. The number of nitrogens with zero attached hydrogens (tertiary/aromatic N) is 6. The molecular weight excluding hydrogens is 382 g/mol. The standard InChI is InChI=1S/C17H15N7O3S/c1-23-9-17(21-12-23)28(25,26)22-13-2-4-14(5-3-13)27-16-8-15(19-10-20-16)24-7-6-18-11-24/h2-12,22H,1H3. The lowest BCUT2D eigenvalue weighted by Crippen LogP contribution is -2.13. The fraction of sp³-hybridized carbons (Fsp3) is 0.0588. The summed E-state index contributed by atoms with van der Waals surface area (Å²) in [5.74, 6) is 1.46. The van der Waals surface area contributed by atoms with Crippen LogP contribution >= 0.6 is 0 Å². The van der Waals surface area contributed by atoms with Gasteiger partial charge in [-0.3, -0.25) is 9.29 Å². The molecule has 11 heteroatoms. The molecule has 0 saturated heterocycles.